The van der Waals surface area contributed by atoms with Crippen LogP contribution in [0.2, 0.25) is 0 Å². The average molecular weight is 326 g/mol. The van der Waals surface area contributed by atoms with Crippen LogP contribution < -0.4 is 10.3 Å². The molecule has 0 amide bonds. The maximum Gasteiger partial charge on any atom is 0.201 e. The largest absolute Gasteiger partial charge is 0.366 e. The zero-order valence-corrected chi connectivity index (χ0v) is 13.3. The highest BCUT2D eigenvalue weighted by atomic mass is 19.1. The maximum absolute atomic E-state index is 12.9. The van der Waals surface area contributed by atoms with E-state index in [4.69, 9.17) is 0 Å². The predicted molar refractivity (Wildman–Crippen MR) is 92.1 cm³/mol. The number of Topliss-reactive ketones (excluding diaryl/α,β-unsaturated/α-hetero) is 1. The highest BCUT2D eigenvalue weighted by molar-refractivity contribution is 5.97. The smallest absolute Gasteiger partial charge is 0.201 e. The molecule has 1 fully saturated rings. The Morgan fingerprint density at radius 3 is 2.29 bits per heavy atom. The maximum atomic E-state index is 12.9. The number of hydrogen-bond acceptors (Lipinski definition) is 4. The van der Waals surface area contributed by atoms with E-state index in [1.807, 2.05) is 18.2 Å². The van der Waals surface area contributed by atoms with Crippen LogP contribution >= 0.6 is 0 Å². The quantitative estimate of drug-likeness (QED) is 0.808. The van der Waals surface area contributed by atoms with Gasteiger partial charge in [0.2, 0.25) is 5.43 Å². The van der Waals surface area contributed by atoms with E-state index >= 15 is 0 Å². The number of rotatable bonds is 4. The van der Waals surface area contributed by atoms with Crippen molar-refractivity contribution in [2.24, 2.45) is 0 Å². The molecule has 0 radical (unpaired) electrons. The summed E-state index contributed by atoms with van der Waals surface area (Å²) in [5.41, 5.74) is 1.23. The summed E-state index contributed by atoms with van der Waals surface area (Å²) in [6.07, 6.45) is 0. The van der Waals surface area contributed by atoms with Gasteiger partial charge in [-0.25, -0.2) is 4.39 Å². The standard InChI is InChI=1S/C19H19FN2O2/c20-16-8-6-15(7-9-16)19(24)14-21-10-12-22(13-11-21)17-4-2-1-3-5-18(17)23/h1-9H,10-14H2. The van der Waals surface area contributed by atoms with Crippen molar-refractivity contribution >= 4 is 11.5 Å². The molecule has 1 aliphatic heterocycles. The van der Waals surface area contributed by atoms with Crippen LogP contribution in [0.15, 0.2) is 59.4 Å². The first-order valence-corrected chi connectivity index (χ1v) is 7.99. The van der Waals surface area contributed by atoms with Crippen molar-refractivity contribution in [3.05, 3.63) is 76.2 Å². The van der Waals surface area contributed by atoms with Gasteiger partial charge in [-0.2, -0.15) is 0 Å². The summed E-state index contributed by atoms with van der Waals surface area (Å²) < 4.78 is 12.9. The van der Waals surface area contributed by atoms with Gasteiger partial charge in [0, 0.05) is 31.7 Å². The molecule has 0 saturated carbocycles. The molecule has 0 aliphatic carbocycles. The summed E-state index contributed by atoms with van der Waals surface area (Å²) in [6, 6.07) is 14.5. The van der Waals surface area contributed by atoms with E-state index < -0.39 is 0 Å². The molecule has 3 rings (SSSR count). The minimum absolute atomic E-state index is 0.0100. The molecule has 2 aromatic rings. The molecule has 124 valence electrons. The third-order valence-electron chi connectivity index (χ3n) is 4.22. The Kier molecular flexibility index (Phi) is 5.01. The Morgan fingerprint density at radius 1 is 0.917 bits per heavy atom. The molecule has 5 heteroatoms. The van der Waals surface area contributed by atoms with Gasteiger partial charge >= 0.3 is 0 Å². The van der Waals surface area contributed by atoms with E-state index in [0.29, 0.717) is 44.0 Å². The zero-order valence-electron chi connectivity index (χ0n) is 13.3. The molecule has 1 saturated heterocycles. The Labute approximate surface area is 140 Å². The first-order valence-electron chi connectivity index (χ1n) is 7.99. The number of carbonyl (C=O) groups is 1. The number of anilines is 1. The van der Waals surface area contributed by atoms with Crippen molar-refractivity contribution in [2.75, 3.05) is 37.6 Å². The molecule has 0 unspecified atom stereocenters. The van der Waals surface area contributed by atoms with Gasteiger partial charge in [0.25, 0.3) is 0 Å². The van der Waals surface area contributed by atoms with Gasteiger partial charge in [0.05, 0.1) is 12.2 Å². The molecular weight excluding hydrogens is 307 g/mol. The number of hydrogen-bond donors (Lipinski definition) is 0. The third-order valence-corrected chi connectivity index (χ3v) is 4.22. The molecule has 1 aliphatic rings. The van der Waals surface area contributed by atoms with Crippen LogP contribution in [0.3, 0.4) is 0 Å². The van der Waals surface area contributed by atoms with Gasteiger partial charge in [-0.05, 0) is 36.4 Å². The second-order valence-corrected chi connectivity index (χ2v) is 5.85. The van der Waals surface area contributed by atoms with E-state index in [0.717, 1.165) is 0 Å². The average Bonchev–Trinajstić information content (AvgIpc) is 2.81. The van der Waals surface area contributed by atoms with E-state index in [-0.39, 0.29) is 17.0 Å². The van der Waals surface area contributed by atoms with E-state index in [1.54, 1.807) is 12.1 Å². The second kappa shape index (κ2) is 7.36. The van der Waals surface area contributed by atoms with Crippen molar-refractivity contribution < 1.29 is 9.18 Å². The first kappa shape index (κ1) is 16.3. The molecule has 2 aromatic carbocycles. The summed E-state index contributed by atoms with van der Waals surface area (Å²) in [5, 5.41) is 0. The van der Waals surface area contributed by atoms with Crippen molar-refractivity contribution in [1.29, 1.82) is 0 Å². The highest BCUT2D eigenvalue weighted by Gasteiger charge is 2.20. The molecule has 1 heterocycles. The van der Waals surface area contributed by atoms with E-state index in [1.165, 1.54) is 24.3 Å². The summed E-state index contributed by atoms with van der Waals surface area (Å²) in [7, 11) is 0. The summed E-state index contributed by atoms with van der Waals surface area (Å²) in [4.78, 5) is 28.4. The molecule has 0 atom stereocenters. The Bertz CT molecular complexity index is 769. The lowest BCUT2D eigenvalue weighted by molar-refractivity contribution is 0.0926. The van der Waals surface area contributed by atoms with Gasteiger partial charge in [-0.3, -0.25) is 14.5 Å². The Hall–Kier alpha value is -2.53. The van der Waals surface area contributed by atoms with Crippen LogP contribution in [-0.2, 0) is 0 Å². The van der Waals surface area contributed by atoms with Crippen molar-refractivity contribution in [3.8, 4) is 0 Å². The predicted octanol–water partition coefficient (Wildman–Crippen LogP) is 2.19. The van der Waals surface area contributed by atoms with Crippen LogP contribution in [-0.4, -0.2) is 43.4 Å². The molecule has 0 N–H and O–H groups in total. The fourth-order valence-corrected chi connectivity index (χ4v) is 2.86. The van der Waals surface area contributed by atoms with E-state index in [2.05, 4.69) is 9.80 Å². The molecule has 0 spiro atoms. The van der Waals surface area contributed by atoms with Crippen molar-refractivity contribution in [2.45, 2.75) is 0 Å². The summed E-state index contributed by atoms with van der Waals surface area (Å²) in [5.74, 6) is -0.358. The molecular formula is C19H19FN2O2. The molecule has 4 nitrogen and oxygen atoms in total. The van der Waals surface area contributed by atoms with Gasteiger partial charge < -0.3 is 4.90 Å². The lowest BCUT2D eigenvalue weighted by Crippen LogP contribution is -2.48. The minimum atomic E-state index is -0.343. The number of piperazine rings is 1. The zero-order chi connectivity index (χ0) is 16.9. The summed E-state index contributed by atoms with van der Waals surface area (Å²) in [6.45, 7) is 3.15. The highest BCUT2D eigenvalue weighted by Crippen LogP contribution is 2.12. The monoisotopic (exact) mass is 326 g/mol. The normalized spacial score (nSPS) is 15.3. The van der Waals surface area contributed by atoms with E-state index in [9.17, 15) is 14.0 Å². The van der Waals surface area contributed by atoms with Gasteiger partial charge in [-0.1, -0.05) is 18.2 Å². The SMILES string of the molecule is O=C(CN1CCN(c2cccccc2=O)CC1)c1ccc(F)cc1. The number of carbonyl (C=O) groups excluding carboxylic acids is 1. The molecule has 24 heavy (non-hydrogen) atoms. The van der Waals surface area contributed by atoms with Crippen LogP contribution in [0.1, 0.15) is 10.4 Å². The number of halogens is 1. The molecule has 0 aromatic heterocycles. The fourth-order valence-electron chi connectivity index (χ4n) is 2.86. The van der Waals surface area contributed by atoms with Gasteiger partial charge in [0.15, 0.2) is 5.78 Å². The lowest BCUT2D eigenvalue weighted by Gasteiger charge is -2.35. The van der Waals surface area contributed by atoms with Crippen LogP contribution in [0.4, 0.5) is 10.1 Å². The van der Waals surface area contributed by atoms with Crippen molar-refractivity contribution in [3.63, 3.8) is 0 Å². The Balaban J connectivity index is 1.59. The van der Waals surface area contributed by atoms with Gasteiger partial charge in [0.1, 0.15) is 5.82 Å². The number of benzene rings is 1. The minimum Gasteiger partial charge on any atom is -0.366 e. The van der Waals surface area contributed by atoms with Crippen LogP contribution in [0.25, 0.3) is 0 Å². The van der Waals surface area contributed by atoms with Gasteiger partial charge in [-0.15, -0.1) is 0 Å². The summed E-state index contributed by atoms with van der Waals surface area (Å²) >= 11 is 0. The third kappa shape index (κ3) is 3.86. The number of nitrogens with zero attached hydrogens (tertiary/aromatic N) is 2. The topological polar surface area (TPSA) is 40.6 Å². The number of ketones is 1. The second-order valence-electron chi connectivity index (χ2n) is 5.85. The lowest BCUT2D eigenvalue weighted by atomic mass is 10.1. The first-order chi connectivity index (χ1) is 11.6. The van der Waals surface area contributed by atoms with Crippen molar-refractivity contribution in [1.82, 2.24) is 4.90 Å². The molecule has 0 bridgehead atoms. The Morgan fingerprint density at radius 2 is 1.58 bits per heavy atom. The fraction of sp³-hybridized carbons (Fsp3) is 0.263. The van der Waals surface area contributed by atoms with Crippen LogP contribution in [0.5, 0.6) is 0 Å². The van der Waals surface area contributed by atoms with Crippen LogP contribution in [0, 0.1) is 5.82 Å².